The van der Waals surface area contributed by atoms with Crippen LogP contribution in [0.25, 0.3) is 4.96 Å². The summed E-state index contributed by atoms with van der Waals surface area (Å²) in [5, 5.41) is 8.76. The molecule has 0 amide bonds. The van der Waals surface area contributed by atoms with Gasteiger partial charge in [0, 0.05) is 23.5 Å². The molecule has 0 radical (unpaired) electrons. The van der Waals surface area contributed by atoms with Gasteiger partial charge in [-0.1, -0.05) is 38.2 Å². The smallest absolute Gasteiger partial charge is 0.214 e. The van der Waals surface area contributed by atoms with Crippen LogP contribution >= 0.6 is 23.1 Å². The van der Waals surface area contributed by atoms with Crippen molar-refractivity contribution in [1.82, 2.24) is 14.6 Å². The molecule has 2 rings (SSSR count). The Morgan fingerprint density at radius 2 is 2.32 bits per heavy atom. The fourth-order valence-electron chi connectivity index (χ4n) is 1.53. The number of thioether (sulfide) groups is 1. The molecule has 0 bridgehead atoms. The second kappa shape index (κ2) is 5.96. The molecule has 0 aliphatic rings. The number of imidazole rings is 1. The van der Waals surface area contributed by atoms with Crippen molar-refractivity contribution in [3.63, 3.8) is 0 Å². The first kappa shape index (κ1) is 14.4. The lowest BCUT2D eigenvalue weighted by atomic mass is 9.93. The Bertz CT molecular complexity index is 519. The zero-order valence-corrected chi connectivity index (χ0v) is 13.3. The van der Waals surface area contributed by atoms with Gasteiger partial charge in [0.2, 0.25) is 10.1 Å². The average molecular weight is 296 g/mol. The highest BCUT2D eigenvalue weighted by molar-refractivity contribution is 7.99. The molecule has 0 saturated heterocycles. The third-order valence-electron chi connectivity index (χ3n) is 2.57. The highest BCUT2D eigenvalue weighted by Crippen LogP contribution is 2.25. The zero-order chi connectivity index (χ0) is 13.9. The third-order valence-corrected chi connectivity index (χ3v) is 4.41. The molecule has 19 heavy (non-hydrogen) atoms. The van der Waals surface area contributed by atoms with E-state index in [0.717, 1.165) is 33.8 Å². The van der Waals surface area contributed by atoms with Gasteiger partial charge < -0.3 is 5.32 Å². The van der Waals surface area contributed by atoms with Crippen molar-refractivity contribution in [1.29, 1.82) is 0 Å². The van der Waals surface area contributed by atoms with E-state index in [2.05, 4.69) is 42.7 Å². The normalized spacial score (nSPS) is 11.9. The summed E-state index contributed by atoms with van der Waals surface area (Å²) >= 11 is 3.46. The Hall–Kier alpha value is -1.01. The summed E-state index contributed by atoms with van der Waals surface area (Å²) < 4.78 is 1.87. The van der Waals surface area contributed by atoms with Gasteiger partial charge in [0.05, 0.1) is 11.9 Å². The predicted molar refractivity (Wildman–Crippen MR) is 85.6 cm³/mol. The highest BCUT2D eigenvalue weighted by Gasteiger charge is 2.19. The van der Waals surface area contributed by atoms with Crippen molar-refractivity contribution < 1.29 is 0 Å². The SMILES string of the molecule is C=CCSCCNc1nn2cc(C(C)(C)C)nc2s1. The minimum atomic E-state index is 0.0718. The summed E-state index contributed by atoms with van der Waals surface area (Å²) in [5.41, 5.74) is 1.15. The average Bonchev–Trinajstić information content (AvgIpc) is 2.85. The Labute approximate surface area is 122 Å². The summed E-state index contributed by atoms with van der Waals surface area (Å²) in [6, 6.07) is 0. The number of aromatic nitrogens is 3. The topological polar surface area (TPSA) is 42.2 Å². The summed E-state index contributed by atoms with van der Waals surface area (Å²) in [7, 11) is 0. The quantitative estimate of drug-likeness (QED) is 0.655. The van der Waals surface area contributed by atoms with E-state index in [1.54, 1.807) is 11.3 Å². The van der Waals surface area contributed by atoms with Gasteiger partial charge in [-0.3, -0.25) is 0 Å². The van der Waals surface area contributed by atoms with Crippen LogP contribution in [0.15, 0.2) is 18.9 Å². The van der Waals surface area contributed by atoms with Crippen LogP contribution in [0.1, 0.15) is 26.5 Å². The van der Waals surface area contributed by atoms with Crippen molar-refractivity contribution in [3.05, 3.63) is 24.5 Å². The summed E-state index contributed by atoms with van der Waals surface area (Å²) in [6.07, 6.45) is 3.94. The summed E-state index contributed by atoms with van der Waals surface area (Å²) in [5.74, 6) is 2.05. The van der Waals surface area contributed by atoms with Crippen LogP contribution < -0.4 is 5.32 Å². The first-order valence-corrected chi connectivity index (χ1v) is 8.27. The van der Waals surface area contributed by atoms with E-state index < -0.39 is 0 Å². The minimum absolute atomic E-state index is 0.0718. The second-order valence-electron chi connectivity index (χ2n) is 5.30. The van der Waals surface area contributed by atoms with Gasteiger partial charge in [0.15, 0.2) is 0 Å². The molecule has 0 atom stereocenters. The van der Waals surface area contributed by atoms with Crippen molar-refractivity contribution in [3.8, 4) is 0 Å². The van der Waals surface area contributed by atoms with E-state index in [1.165, 1.54) is 0 Å². The number of anilines is 1. The lowest BCUT2D eigenvalue weighted by Gasteiger charge is -2.13. The van der Waals surface area contributed by atoms with E-state index in [9.17, 15) is 0 Å². The van der Waals surface area contributed by atoms with E-state index in [1.807, 2.05) is 28.6 Å². The van der Waals surface area contributed by atoms with E-state index in [4.69, 9.17) is 0 Å². The van der Waals surface area contributed by atoms with Crippen molar-refractivity contribution in [2.24, 2.45) is 0 Å². The van der Waals surface area contributed by atoms with E-state index in [-0.39, 0.29) is 5.41 Å². The second-order valence-corrected chi connectivity index (χ2v) is 7.41. The number of nitrogens with one attached hydrogen (secondary N) is 1. The van der Waals surface area contributed by atoms with Crippen LogP contribution in [0.5, 0.6) is 0 Å². The van der Waals surface area contributed by atoms with Crippen molar-refractivity contribution in [2.45, 2.75) is 26.2 Å². The molecule has 6 heteroatoms. The molecule has 0 fully saturated rings. The third kappa shape index (κ3) is 3.73. The molecule has 0 aliphatic carbocycles. The van der Waals surface area contributed by atoms with Gasteiger partial charge >= 0.3 is 0 Å². The molecular formula is C13H20N4S2. The van der Waals surface area contributed by atoms with Crippen LogP contribution in [-0.4, -0.2) is 32.6 Å². The standard InChI is InChI=1S/C13H20N4S2/c1-5-7-18-8-6-14-11-16-17-9-10(13(2,3)4)15-12(17)19-11/h5,9H,1,6-8H2,2-4H3,(H,14,16). The van der Waals surface area contributed by atoms with Crippen LogP contribution in [0.3, 0.4) is 0 Å². The fraction of sp³-hybridized carbons (Fsp3) is 0.538. The summed E-state index contributed by atoms with van der Waals surface area (Å²) in [4.78, 5) is 5.57. The zero-order valence-electron chi connectivity index (χ0n) is 11.6. The Balaban J connectivity index is 1.95. The molecule has 4 nitrogen and oxygen atoms in total. The lowest BCUT2D eigenvalue weighted by molar-refractivity contribution is 0.572. The van der Waals surface area contributed by atoms with Crippen LogP contribution in [0, 0.1) is 0 Å². The molecule has 0 saturated carbocycles. The first-order chi connectivity index (χ1) is 9.00. The number of hydrogen-bond donors (Lipinski definition) is 1. The van der Waals surface area contributed by atoms with Gasteiger partial charge in [-0.05, 0) is 0 Å². The van der Waals surface area contributed by atoms with Gasteiger partial charge in [-0.25, -0.2) is 9.50 Å². The summed E-state index contributed by atoms with van der Waals surface area (Å²) in [6.45, 7) is 11.1. The number of hydrogen-bond acceptors (Lipinski definition) is 5. The first-order valence-electron chi connectivity index (χ1n) is 6.30. The molecule has 0 aromatic carbocycles. The molecule has 0 aliphatic heterocycles. The monoisotopic (exact) mass is 296 g/mol. The predicted octanol–water partition coefficient (Wildman–Crippen LogP) is 3.42. The number of nitrogens with zero attached hydrogens (tertiary/aromatic N) is 3. The largest absolute Gasteiger partial charge is 0.359 e. The molecule has 104 valence electrons. The molecule has 2 heterocycles. The Kier molecular flexibility index (Phi) is 4.52. The van der Waals surface area contributed by atoms with E-state index in [0.29, 0.717) is 0 Å². The van der Waals surface area contributed by atoms with Gasteiger partial charge in [0.25, 0.3) is 0 Å². The maximum Gasteiger partial charge on any atom is 0.214 e. The Morgan fingerprint density at radius 1 is 1.53 bits per heavy atom. The highest BCUT2D eigenvalue weighted by atomic mass is 32.2. The number of fused-ring (bicyclic) bond motifs is 1. The number of rotatable bonds is 6. The molecule has 1 N–H and O–H groups in total. The van der Waals surface area contributed by atoms with Gasteiger partial charge in [-0.15, -0.1) is 11.7 Å². The van der Waals surface area contributed by atoms with E-state index >= 15 is 0 Å². The maximum absolute atomic E-state index is 4.62. The van der Waals surface area contributed by atoms with Crippen LogP contribution in [0.4, 0.5) is 5.13 Å². The molecule has 2 aromatic heterocycles. The van der Waals surface area contributed by atoms with Crippen molar-refractivity contribution >= 4 is 33.2 Å². The molecule has 0 spiro atoms. The maximum atomic E-state index is 4.62. The molecule has 0 unspecified atom stereocenters. The van der Waals surface area contributed by atoms with Crippen LogP contribution in [-0.2, 0) is 5.41 Å². The fourth-order valence-corrected chi connectivity index (χ4v) is 2.92. The Morgan fingerprint density at radius 3 is 2.95 bits per heavy atom. The van der Waals surface area contributed by atoms with Gasteiger partial charge in [-0.2, -0.15) is 11.8 Å². The van der Waals surface area contributed by atoms with Crippen LogP contribution in [0.2, 0.25) is 0 Å². The molecule has 2 aromatic rings. The van der Waals surface area contributed by atoms with Gasteiger partial charge in [0.1, 0.15) is 0 Å². The lowest BCUT2D eigenvalue weighted by Crippen LogP contribution is -2.11. The molecular weight excluding hydrogens is 276 g/mol. The minimum Gasteiger partial charge on any atom is -0.359 e. The van der Waals surface area contributed by atoms with Crippen molar-refractivity contribution in [2.75, 3.05) is 23.4 Å².